The Kier molecular flexibility index (Phi) is 3.46. The molecule has 0 aliphatic heterocycles. The molecule has 0 saturated heterocycles. The highest BCUT2D eigenvalue weighted by Gasteiger charge is 2.20. The summed E-state index contributed by atoms with van der Waals surface area (Å²) >= 11 is 0. The van der Waals surface area contributed by atoms with Gasteiger partial charge >= 0.3 is 0 Å². The Balaban J connectivity index is 1.49. The zero-order chi connectivity index (χ0) is 11.5. The Labute approximate surface area is 104 Å². The van der Waals surface area contributed by atoms with E-state index in [0.717, 1.165) is 19.0 Å². The first-order valence-electron chi connectivity index (χ1n) is 7.19. The molecule has 2 saturated carbocycles. The Morgan fingerprint density at radius 1 is 1.18 bits per heavy atom. The van der Waals surface area contributed by atoms with Gasteiger partial charge in [-0.15, -0.1) is 0 Å². The van der Waals surface area contributed by atoms with Gasteiger partial charge in [-0.1, -0.05) is 19.3 Å². The zero-order valence-electron chi connectivity index (χ0n) is 10.6. The lowest BCUT2D eigenvalue weighted by Crippen LogP contribution is -2.19. The summed E-state index contributed by atoms with van der Waals surface area (Å²) in [7, 11) is 0. The van der Waals surface area contributed by atoms with Crippen molar-refractivity contribution < 1.29 is 0 Å². The minimum atomic E-state index is 0.675. The SMILES string of the molecule is c1cn(C2CCCCC2)nc1CCNC1CC1. The van der Waals surface area contributed by atoms with Gasteiger partial charge in [0, 0.05) is 25.2 Å². The normalized spacial score (nSPS) is 21.9. The molecule has 0 spiro atoms. The van der Waals surface area contributed by atoms with Crippen molar-refractivity contribution in [2.45, 2.75) is 63.5 Å². The zero-order valence-corrected chi connectivity index (χ0v) is 10.6. The first kappa shape index (κ1) is 11.3. The minimum absolute atomic E-state index is 0.675. The summed E-state index contributed by atoms with van der Waals surface area (Å²) in [6.07, 6.45) is 12.8. The minimum Gasteiger partial charge on any atom is -0.314 e. The number of rotatable bonds is 5. The largest absolute Gasteiger partial charge is 0.314 e. The molecule has 94 valence electrons. The Morgan fingerprint density at radius 2 is 2.00 bits per heavy atom. The number of nitrogens with one attached hydrogen (secondary N) is 1. The molecule has 1 aromatic rings. The maximum Gasteiger partial charge on any atom is 0.0637 e. The van der Waals surface area contributed by atoms with Crippen LogP contribution < -0.4 is 5.32 Å². The highest BCUT2D eigenvalue weighted by Crippen LogP contribution is 2.27. The van der Waals surface area contributed by atoms with Crippen LogP contribution in [-0.2, 0) is 6.42 Å². The average Bonchev–Trinajstić information content (AvgIpc) is 3.07. The predicted octanol–water partition coefficient (Wildman–Crippen LogP) is 2.68. The van der Waals surface area contributed by atoms with Crippen LogP contribution >= 0.6 is 0 Å². The molecule has 3 rings (SSSR count). The molecule has 3 nitrogen and oxygen atoms in total. The van der Waals surface area contributed by atoms with Gasteiger partial charge in [-0.2, -0.15) is 5.10 Å². The van der Waals surface area contributed by atoms with Crippen molar-refractivity contribution in [1.82, 2.24) is 15.1 Å². The van der Waals surface area contributed by atoms with Gasteiger partial charge in [0.15, 0.2) is 0 Å². The second-order valence-corrected chi connectivity index (χ2v) is 5.56. The average molecular weight is 233 g/mol. The molecule has 1 aromatic heterocycles. The molecule has 0 unspecified atom stereocenters. The molecule has 0 radical (unpaired) electrons. The molecule has 0 atom stereocenters. The lowest BCUT2D eigenvalue weighted by Gasteiger charge is -2.21. The third-order valence-electron chi connectivity index (χ3n) is 4.00. The lowest BCUT2D eigenvalue weighted by atomic mass is 9.96. The topological polar surface area (TPSA) is 29.9 Å². The van der Waals surface area contributed by atoms with E-state index >= 15 is 0 Å². The Morgan fingerprint density at radius 3 is 2.76 bits per heavy atom. The third kappa shape index (κ3) is 3.09. The van der Waals surface area contributed by atoms with Gasteiger partial charge in [0.2, 0.25) is 0 Å². The van der Waals surface area contributed by atoms with E-state index in [1.807, 2.05) is 0 Å². The van der Waals surface area contributed by atoms with Crippen LogP contribution in [0.1, 0.15) is 56.7 Å². The first-order valence-corrected chi connectivity index (χ1v) is 7.19. The monoisotopic (exact) mass is 233 g/mol. The molecule has 0 aromatic carbocycles. The molecular formula is C14H23N3. The fraction of sp³-hybridized carbons (Fsp3) is 0.786. The van der Waals surface area contributed by atoms with E-state index in [1.165, 1.54) is 50.6 Å². The van der Waals surface area contributed by atoms with Gasteiger partial charge < -0.3 is 5.32 Å². The van der Waals surface area contributed by atoms with Crippen LogP contribution in [0, 0.1) is 0 Å². The number of aromatic nitrogens is 2. The summed E-state index contributed by atoms with van der Waals surface area (Å²) in [4.78, 5) is 0. The van der Waals surface area contributed by atoms with Crippen LogP contribution in [0.4, 0.5) is 0 Å². The highest BCUT2D eigenvalue weighted by molar-refractivity contribution is 5.01. The maximum absolute atomic E-state index is 4.73. The van der Waals surface area contributed by atoms with Crippen molar-refractivity contribution in [3.05, 3.63) is 18.0 Å². The molecule has 2 aliphatic rings. The first-order chi connectivity index (χ1) is 8.42. The van der Waals surface area contributed by atoms with Gasteiger partial charge in [-0.25, -0.2) is 0 Å². The molecule has 0 amide bonds. The van der Waals surface area contributed by atoms with Gasteiger partial charge in [0.25, 0.3) is 0 Å². The fourth-order valence-corrected chi connectivity index (χ4v) is 2.75. The van der Waals surface area contributed by atoms with Crippen molar-refractivity contribution in [2.24, 2.45) is 0 Å². The molecule has 0 bridgehead atoms. The van der Waals surface area contributed by atoms with E-state index in [0.29, 0.717) is 6.04 Å². The summed E-state index contributed by atoms with van der Waals surface area (Å²) in [5.41, 5.74) is 1.25. The molecule has 17 heavy (non-hydrogen) atoms. The van der Waals surface area contributed by atoms with E-state index in [-0.39, 0.29) is 0 Å². The molecule has 2 aliphatic carbocycles. The predicted molar refractivity (Wildman–Crippen MR) is 69.1 cm³/mol. The quantitative estimate of drug-likeness (QED) is 0.847. The lowest BCUT2D eigenvalue weighted by molar-refractivity contribution is 0.328. The number of hydrogen-bond acceptors (Lipinski definition) is 2. The third-order valence-corrected chi connectivity index (χ3v) is 4.00. The van der Waals surface area contributed by atoms with Gasteiger partial charge in [0.1, 0.15) is 0 Å². The summed E-state index contributed by atoms with van der Waals surface area (Å²) in [5.74, 6) is 0. The second-order valence-electron chi connectivity index (χ2n) is 5.56. The highest BCUT2D eigenvalue weighted by atomic mass is 15.3. The van der Waals surface area contributed by atoms with Crippen LogP contribution in [0.3, 0.4) is 0 Å². The number of nitrogens with zero attached hydrogens (tertiary/aromatic N) is 2. The van der Waals surface area contributed by atoms with Crippen LogP contribution in [0.5, 0.6) is 0 Å². The van der Waals surface area contributed by atoms with Crippen molar-refractivity contribution in [3.8, 4) is 0 Å². The molecule has 1 heterocycles. The van der Waals surface area contributed by atoms with Crippen LogP contribution in [0.25, 0.3) is 0 Å². The van der Waals surface area contributed by atoms with Gasteiger partial charge in [-0.3, -0.25) is 4.68 Å². The molecule has 2 fully saturated rings. The maximum atomic E-state index is 4.73. The second kappa shape index (κ2) is 5.21. The molecular weight excluding hydrogens is 210 g/mol. The van der Waals surface area contributed by atoms with Crippen LogP contribution in [0.15, 0.2) is 12.3 Å². The van der Waals surface area contributed by atoms with Crippen LogP contribution in [-0.4, -0.2) is 22.4 Å². The summed E-state index contributed by atoms with van der Waals surface area (Å²) in [6, 6.07) is 3.69. The van der Waals surface area contributed by atoms with E-state index in [4.69, 9.17) is 5.10 Å². The fourth-order valence-electron chi connectivity index (χ4n) is 2.75. The van der Waals surface area contributed by atoms with E-state index in [9.17, 15) is 0 Å². The summed E-state index contributed by atoms with van der Waals surface area (Å²) < 4.78 is 2.21. The van der Waals surface area contributed by atoms with Crippen molar-refractivity contribution in [2.75, 3.05) is 6.54 Å². The standard InChI is InChI=1S/C14H23N3/c1-2-4-14(5-3-1)17-11-9-13(16-17)8-10-15-12-6-7-12/h9,11-12,14-15H,1-8,10H2. The van der Waals surface area contributed by atoms with E-state index in [2.05, 4.69) is 22.3 Å². The van der Waals surface area contributed by atoms with Crippen LogP contribution in [0.2, 0.25) is 0 Å². The van der Waals surface area contributed by atoms with Gasteiger partial charge in [0.05, 0.1) is 11.7 Å². The Hall–Kier alpha value is -0.830. The molecule has 1 N–H and O–H groups in total. The van der Waals surface area contributed by atoms with Crippen molar-refractivity contribution in [1.29, 1.82) is 0 Å². The van der Waals surface area contributed by atoms with Gasteiger partial charge in [-0.05, 0) is 31.7 Å². The van der Waals surface area contributed by atoms with Crippen molar-refractivity contribution in [3.63, 3.8) is 0 Å². The summed E-state index contributed by atoms with van der Waals surface area (Å²) in [5, 5.41) is 8.27. The molecule has 3 heteroatoms. The van der Waals surface area contributed by atoms with Crippen molar-refractivity contribution >= 4 is 0 Å². The van der Waals surface area contributed by atoms with E-state index in [1.54, 1.807) is 0 Å². The smallest absolute Gasteiger partial charge is 0.0637 e. The number of hydrogen-bond donors (Lipinski definition) is 1. The summed E-state index contributed by atoms with van der Waals surface area (Å²) in [6.45, 7) is 1.09. The Bertz CT molecular complexity index is 348. The van der Waals surface area contributed by atoms with E-state index < -0.39 is 0 Å².